The lowest BCUT2D eigenvalue weighted by Crippen LogP contribution is -2.59. The molecule has 4 aliphatic carbocycles. The minimum Gasteiger partial charge on any atom is -0.388 e. The Bertz CT molecular complexity index is 2310. The van der Waals surface area contributed by atoms with Crippen LogP contribution in [0.25, 0.3) is 0 Å². The Morgan fingerprint density at radius 3 is 0.361 bits per heavy atom. The maximum absolute atomic E-state index is 5.74. The second-order valence-electron chi connectivity index (χ2n) is 26.7. The Morgan fingerprint density at radius 1 is 0.197 bits per heavy atom. The van der Waals surface area contributed by atoms with Gasteiger partial charge in [-0.05, 0) is 194 Å². The molecular formula is C116H232O6. The second-order valence-corrected chi connectivity index (χ2v) is 26.7. The number of ether oxygens (including phenoxy) is 6. The number of hydrogen-bond acceptors (Lipinski definition) is 6. The third kappa shape index (κ3) is 116. The summed E-state index contributed by atoms with van der Waals surface area (Å²) < 4.78 is 28.9. The fraction of sp³-hybridized carbons (Fsp3) is 0.586. The van der Waals surface area contributed by atoms with Gasteiger partial charge >= 0.3 is 0 Å². The summed E-state index contributed by atoms with van der Waals surface area (Å²) in [6.45, 7) is 55.6. The highest BCUT2D eigenvalue weighted by Gasteiger charge is 2.58. The van der Waals surface area contributed by atoms with E-state index in [0.29, 0.717) is 18.6 Å². The standard InChI is InChI=1S/C12H20O2.6C8H10.2C6H6.C3H8O2.7C3H8.2C2H6O.16CH4/c1-13-12(14-2)10-4-8-3-9(6-10)7-11(12)5-8;6*1-7-5-3-4-6-8(7)2;2*1-2-4-6-5-3-1;1-4-3-5-2;9*1-3-2;;;;;;;;;;;;;;;;/h8-11H,3-7H2,1-2H3;6*3-6H,1-2H3;2*1-6H;3H2,1-2H3;7*3H2,1-2H3;2*1-2H3;16*1H4. The lowest BCUT2D eigenvalue weighted by molar-refractivity contribution is -0.319. The Kier molecular flexibility index (Phi) is 208. The van der Waals surface area contributed by atoms with Crippen LogP contribution in [0.2, 0.25) is 0 Å². The van der Waals surface area contributed by atoms with Crippen molar-refractivity contribution >= 4 is 0 Å². The first-order valence-electron chi connectivity index (χ1n) is 39.8. The normalized spacial score (nSPS) is 11.7. The van der Waals surface area contributed by atoms with Gasteiger partial charge in [0.2, 0.25) is 0 Å². The zero-order valence-corrected chi connectivity index (χ0v) is 75.2. The van der Waals surface area contributed by atoms with E-state index >= 15 is 0 Å². The van der Waals surface area contributed by atoms with Crippen LogP contribution >= 0.6 is 0 Å². The Labute approximate surface area is 778 Å². The summed E-state index contributed by atoms with van der Waals surface area (Å²) in [6.07, 6.45) is 15.6. The maximum Gasteiger partial charge on any atom is 0.173 e. The predicted molar refractivity (Wildman–Crippen MR) is 586 cm³/mol. The summed E-state index contributed by atoms with van der Waals surface area (Å²) in [5.74, 6) is 3.10. The summed E-state index contributed by atoms with van der Waals surface area (Å²) in [6, 6.07) is 74.1. The topological polar surface area (TPSA) is 55.4 Å². The first-order valence-corrected chi connectivity index (χ1v) is 39.8. The van der Waals surface area contributed by atoms with Crippen LogP contribution in [0.15, 0.2) is 218 Å². The van der Waals surface area contributed by atoms with Gasteiger partial charge in [-0.25, -0.2) is 0 Å². The molecule has 4 bridgehead atoms. The average molecular weight is 1720 g/mol. The van der Waals surface area contributed by atoms with Crippen molar-refractivity contribution in [1.29, 1.82) is 0 Å². The van der Waals surface area contributed by atoms with E-state index in [1.165, 1.54) is 144 Å². The largest absolute Gasteiger partial charge is 0.388 e. The molecule has 732 valence electrons. The van der Waals surface area contributed by atoms with Gasteiger partial charge in [0.15, 0.2) is 5.79 Å². The van der Waals surface area contributed by atoms with Crippen molar-refractivity contribution < 1.29 is 28.4 Å². The minimum absolute atomic E-state index is 0. The van der Waals surface area contributed by atoms with Crippen LogP contribution in [0, 0.1) is 107 Å². The van der Waals surface area contributed by atoms with Crippen LogP contribution in [0.3, 0.4) is 0 Å². The summed E-state index contributed by atoms with van der Waals surface area (Å²) in [7, 11) is 13.3. The number of methoxy groups -OCH3 is 6. The Balaban J connectivity index is -0.0000000382. The van der Waals surface area contributed by atoms with Crippen molar-refractivity contribution in [2.45, 2.75) is 382 Å². The quantitative estimate of drug-likeness (QED) is 0.164. The van der Waals surface area contributed by atoms with E-state index in [1.54, 1.807) is 42.7 Å². The molecular weight excluding hydrogens is 1490 g/mol. The molecule has 8 aromatic rings. The lowest BCUT2D eigenvalue weighted by atomic mass is 9.53. The monoisotopic (exact) mass is 1720 g/mol. The summed E-state index contributed by atoms with van der Waals surface area (Å²) in [5.41, 5.74) is 16.4. The fourth-order valence-electron chi connectivity index (χ4n) is 9.45. The number of rotatable bonds is 4. The van der Waals surface area contributed by atoms with Gasteiger partial charge in [0.1, 0.15) is 6.79 Å². The second kappa shape index (κ2) is 140. The molecule has 4 saturated carbocycles. The molecule has 4 aliphatic rings. The van der Waals surface area contributed by atoms with E-state index in [0.717, 1.165) is 11.8 Å². The molecule has 0 aliphatic heterocycles. The van der Waals surface area contributed by atoms with Crippen LogP contribution in [-0.2, 0) is 28.4 Å². The van der Waals surface area contributed by atoms with Crippen LogP contribution in [0.1, 0.15) is 360 Å². The van der Waals surface area contributed by atoms with Crippen molar-refractivity contribution in [2.24, 2.45) is 23.7 Å². The highest BCUT2D eigenvalue weighted by Crippen LogP contribution is 2.59. The SMILES string of the molecule is C.C.C.C.C.C.C.C.C.C.C.C.C.C.C.C.CCC.CCC.CCC.CCC.CCC.CCC.CCC.COC.COC.COC1(OC)C2CC3CC(C2)CC1C3.COCOC.Cc1ccccc1C.Cc1ccccc1C.Cc1ccccc1C.Cc1ccccc1C.Cc1ccccc1C.Cc1ccccc1C.c1ccccc1.c1ccccc1. The zero-order chi connectivity index (χ0) is 82.6. The maximum atomic E-state index is 5.74. The number of benzene rings is 8. The smallest absolute Gasteiger partial charge is 0.173 e. The molecule has 0 amide bonds. The molecule has 12 rings (SSSR count). The molecule has 0 atom stereocenters. The molecule has 0 radical (unpaired) electrons. The third-order valence-electron chi connectivity index (χ3n) is 15.0. The highest BCUT2D eigenvalue weighted by atomic mass is 16.7. The molecule has 0 saturated heterocycles. The zero-order valence-electron chi connectivity index (χ0n) is 75.2. The van der Waals surface area contributed by atoms with E-state index in [9.17, 15) is 0 Å². The first kappa shape index (κ1) is 181. The van der Waals surface area contributed by atoms with E-state index < -0.39 is 0 Å². The minimum atomic E-state index is -0.215. The molecule has 122 heavy (non-hydrogen) atoms. The first-order chi connectivity index (χ1) is 50.8. The molecule has 0 spiro atoms. The summed E-state index contributed by atoms with van der Waals surface area (Å²) >= 11 is 0. The molecule has 6 heteroatoms. The molecule has 6 nitrogen and oxygen atoms in total. The molecule has 4 fully saturated rings. The van der Waals surface area contributed by atoms with E-state index in [-0.39, 0.29) is 125 Å². The van der Waals surface area contributed by atoms with E-state index in [1.807, 2.05) is 87.0 Å². The fourth-order valence-corrected chi connectivity index (χ4v) is 9.45. The van der Waals surface area contributed by atoms with Crippen LogP contribution in [0.5, 0.6) is 0 Å². The van der Waals surface area contributed by atoms with Crippen LogP contribution < -0.4 is 0 Å². The summed E-state index contributed by atoms with van der Waals surface area (Å²) in [4.78, 5) is 0. The number of hydrogen-bond donors (Lipinski definition) is 0. The summed E-state index contributed by atoms with van der Waals surface area (Å²) in [5, 5.41) is 0. The Morgan fingerprint density at radius 2 is 0.295 bits per heavy atom. The highest BCUT2D eigenvalue weighted by molar-refractivity contribution is 5.27. The van der Waals surface area contributed by atoms with Crippen LogP contribution in [0.4, 0.5) is 0 Å². The molecule has 0 unspecified atom stereocenters. The van der Waals surface area contributed by atoms with E-state index in [2.05, 4.69) is 345 Å². The molecule has 0 heterocycles. The van der Waals surface area contributed by atoms with Crippen molar-refractivity contribution in [1.82, 2.24) is 0 Å². The van der Waals surface area contributed by atoms with E-state index in [4.69, 9.17) is 9.47 Å². The third-order valence-corrected chi connectivity index (χ3v) is 15.0. The Hall–Kier alpha value is -6.48. The van der Waals surface area contributed by atoms with Crippen molar-refractivity contribution in [3.8, 4) is 0 Å². The van der Waals surface area contributed by atoms with Gasteiger partial charge in [0.05, 0.1) is 0 Å². The van der Waals surface area contributed by atoms with Gasteiger partial charge in [0, 0.05) is 68.7 Å². The van der Waals surface area contributed by atoms with Crippen molar-refractivity contribution in [3.05, 3.63) is 285 Å². The van der Waals surface area contributed by atoms with Crippen molar-refractivity contribution in [2.75, 3.05) is 63.7 Å². The van der Waals surface area contributed by atoms with Gasteiger partial charge in [0.25, 0.3) is 0 Å². The van der Waals surface area contributed by atoms with Gasteiger partial charge in [-0.2, -0.15) is 0 Å². The van der Waals surface area contributed by atoms with Gasteiger partial charge in [-0.15, -0.1) is 0 Å². The molecule has 8 aromatic carbocycles. The van der Waals surface area contributed by atoms with Gasteiger partial charge in [-0.3, -0.25) is 0 Å². The predicted octanol–water partition coefficient (Wildman–Crippen LogP) is 40.5. The number of aryl methyl sites for hydroxylation is 12. The van der Waals surface area contributed by atoms with Gasteiger partial charge < -0.3 is 28.4 Å². The lowest BCUT2D eigenvalue weighted by Gasteiger charge is -2.59. The molecule has 0 N–H and O–H groups in total. The van der Waals surface area contributed by atoms with Crippen LogP contribution in [-0.4, -0.2) is 69.5 Å². The average Bonchev–Trinajstić information content (AvgIpc) is 0.733. The van der Waals surface area contributed by atoms with Gasteiger partial charge in [-0.1, -0.05) is 479 Å². The molecule has 0 aromatic heterocycles. The van der Waals surface area contributed by atoms with Crippen molar-refractivity contribution in [3.63, 3.8) is 0 Å².